The fourth-order valence-electron chi connectivity index (χ4n) is 3.14. The van der Waals surface area contributed by atoms with Gasteiger partial charge in [-0.05, 0) is 31.9 Å². The van der Waals surface area contributed by atoms with Crippen molar-refractivity contribution in [3.8, 4) is 5.75 Å². The van der Waals surface area contributed by atoms with Gasteiger partial charge in [-0.1, -0.05) is 0 Å². The average molecular weight is 330 g/mol. The van der Waals surface area contributed by atoms with Gasteiger partial charge in [0.2, 0.25) is 0 Å². The van der Waals surface area contributed by atoms with E-state index in [0.29, 0.717) is 6.54 Å². The number of aromatic hydroxyl groups is 1. The van der Waals surface area contributed by atoms with Gasteiger partial charge in [0.1, 0.15) is 0 Å². The molecule has 0 unspecified atom stereocenters. The Balaban J connectivity index is 1.93. The minimum atomic E-state index is -0.696. The number of benzene rings is 1. The summed E-state index contributed by atoms with van der Waals surface area (Å²) in [4.78, 5) is 24.8. The van der Waals surface area contributed by atoms with E-state index < -0.39 is 16.4 Å². The highest BCUT2D eigenvalue weighted by Gasteiger charge is 2.33. The van der Waals surface area contributed by atoms with E-state index in [0.717, 1.165) is 30.2 Å². The lowest BCUT2D eigenvalue weighted by molar-refractivity contribution is -0.385. The second kappa shape index (κ2) is 5.95. The van der Waals surface area contributed by atoms with E-state index in [9.17, 15) is 20.0 Å². The maximum Gasteiger partial charge on any atom is 0.311 e. The van der Waals surface area contributed by atoms with E-state index in [-0.39, 0.29) is 17.5 Å². The van der Waals surface area contributed by atoms with Crippen LogP contribution in [0.15, 0.2) is 24.4 Å². The van der Waals surface area contributed by atoms with Crippen molar-refractivity contribution >= 4 is 11.6 Å². The van der Waals surface area contributed by atoms with Crippen molar-refractivity contribution in [2.24, 2.45) is 7.05 Å². The molecule has 8 nitrogen and oxygen atoms in total. The zero-order valence-corrected chi connectivity index (χ0v) is 13.5. The first kappa shape index (κ1) is 16.0. The minimum absolute atomic E-state index is 0.0842. The summed E-state index contributed by atoms with van der Waals surface area (Å²) in [5.74, 6) is -0.721. The molecule has 1 fully saturated rings. The van der Waals surface area contributed by atoms with Crippen LogP contribution in [0.1, 0.15) is 40.5 Å². The van der Waals surface area contributed by atoms with Crippen LogP contribution in [0.25, 0.3) is 0 Å². The van der Waals surface area contributed by atoms with Crippen LogP contribution in [0.5, 0.6) is 5.75 Å². The van der Waals surface area contributed by atoms with E-state index >= 15 is 0 Å². The van der Waals surface area contributed by atoms with Gasteiger partial charge in [-0.3, -0.25) is 19.6 Å². The number of carbonyl (C=O) groups excluding carboxylic acids is 1. The maximum absolute atomic E-state index is 12.8. The number of nitro groups is 1. The lowest BCUT2D eigenvalue weighted by Crippen LogP contribution is -2.30. The van der Waals surface area contributed by atoms with Crippen LogP contribution < -0.4 is 0 Å². The number of carbonyl (C=O) groups is 1. The zero-order chi connectivity index (χ0) is 17.4. The molecule has 8 heteroatoms. The smallest absolute Gasteiger partial charge is 0.311 e. The SMILES string of the molecule is Cc1c([C@@H]2CCCN2C(=O)c2ccc(O)c([N+](=O)[O-])c2)cnn1C. The average Bonchev–Trinajstić information content (AvgIpc) is 3.14. The zero-order valence-electron chi connectivity index (χ0n) is 13.5. The molecule has 2 aromatic rings. The molecular formula is C16H18N4O4. The van der Waals surface area contributed by atoms with Gasteiger partial charge in [-0.15, -0.1) is 0 Å². The van der Waals surface area contributed by atoms with Crippen LogP contribution in [0.4, 0.5) is 5.69 Å². The first-order valence-corrected chi connectivity index (χ1v) is 7.67. The summed E-state index contributed by atoms with van der Waals surface area (Å²) in [5, 5.41) is 24.7. The molecule has 1 aromatic carbocycles. The summed E-state index contributed by atoms with van der Waals surface area (Å²) in [6.07, 6.45) is 3.47. The van der Waals surface area contributed by atoms with E-state index in [2.05, 4.69) is 5.10 Å². The number of nitro benzene ring substituents is 1. The summed E-state index contributed by atoms with van der Waals surface area (Å²) < 4.78 is 1.77. The molecule has 1 N–H and O–H groups in total. The Morgan fingerprint density at radius 1 is 1.46 bits per heavy atom. The molecule has 3 rings (SSSR count). The third-order valence-electron chi connectivity index (χ3n) is 4.56. The van der Waals surface area contributed by atoms with Gasteiger partial charge in [0, 0.05) is 36.5 Å². The molecule has 1 saturated heterocycles. The van der Waals surface area contributed by atoms with Gasteiger partial charge in [0.15, 0.2) is 5.75 Å². The van der Waals surface area contributed by atoms with Crippen LogP contribution in [0.3, 0.4) is 0 Å². The molecule has 24 heavy (non-hydrogen) atoms. The van der Waals surface area contributed by atoms with E-state index in [4.69, 9.17) is 0 Å². The molecule has 1 aromatic heterocycles. The Hall–Kier alpha value is -2.90. The van der Waals surface area contributed by atoms with Crippen molar-refractivity contribution in [1.82, 2.24) is 14.7 Å². The lowest BCUT2D eigenvalue weighted by Gasteiger charge is -2.24. The Kier molecular flexibility index (Phi) is 3.96. The van der Waals surface area contributed by atoms with Crippen molar-refractivity contribution in [2.75, 3.05) is 6.54 Å². The molecule has 0 saturated carbocycles. The van der Waals surface area contributed by atoms with Crippen molar-refractivity contribution in [1.29, 1.82) is 0 Å². The summed E-state index contributed by atoms with van der Waals surface area (Å²) >= 11 is 0. The van der Waals surface area contributed by atoms with Crippen molar-refractivity contribution < 1.29 is 14.8 Å². The quantitative estimate of drug-likeness (QED) is 0.687. The normalized spacial score (nSPS) is 17.2. The first-order chi connectivity index (χ1) is 11.4. The van der Waals surface area contributed by atoms with Gasteiger partial charge in [0.05, 0.1) is 17.2 Å². The number of hydrogen-bond acceptors (Lipinski definition) is 5. The van der Waals surface area contributed by atoms with Crippen molar-refractivity contribution in [2.45, 2.75) is 25.8 Å². The highest BCUT2D eigenvalue weighted by atomic mass is 16.6. The molecule has 1 aliphatic rings. The number of hydrogen-bond donors (Lipinski definition) is 1. The van der Waals surface area contributed by atoms with Gasteiger partial charge < -0.3 is 10.0 Å². The van der Waals surface area contributed by atoms with Gasteiger partial charge >= 0.3 is 5.69 Å². The predicted octanol–water partition coefficient (Wildman–Crippen LogP) is 2.32. The van der Waals surface area contributed by atoms with Crippen LogP contribution >= 0.6 is 0 Å². The highest BCUT2D eigenvalue weighted by molar-refractivity contribution is 5.95. The van der Waals surface area contributed by atoms with Crippen molar-refractivity contribution in [3.05, 3.63) is 51.3 Å². The Morgan fingerprint density at radius 3 is 2.83 bits per heavy atom. The van der Waals surface area contributed by atoms with Crippen LogP contribution in [0.2, 0.25) is 0 Å². The topological polar surface area (TPSA) is 102 Å². The third kappa shape index (κ3) is 2.60. The largest absolute Gasteiger partial charge is 0.502 e. The molecular weight excluding hydrogens is 312 g/mol. The molecule has 0 radical (unpaired) electrons. The Bertz CT molecular complexity index is 814. The number of rotatable bonds is 3. The highest BCUT2D eigenvalue weighted by Crippen LogP contribution is 2.35. The van der Waals surface area contributed by atoms with Gasteiger partial charge in [-0.2, -0.15) is 5.10 Å². The van der Waals surface area contributed by atoms with Crippen LogP contribution in [-0.2, 0) is 7.05 Å². The number of aromatic nitrogens is 2. The molecule has 2 heterocycles. The number of phenols is 1. The number of nitrogens with zero attached hydrogens (tertiary/aromatic N) is 4. The second-order valence-electron chi connectivity index (χ2n) is 5.93. The second-order valence-corrected chi connectivity index (χ2v) is 5.93. The van der Waals surface area contributed by atoms with Crippen LogP contribution in [-0.4, -0.2) is 37.2 Å². The molecule has 126 valence electrons. The molecule has 1 amide bonds. The summed E-state index contributed by atoms with van der Waals surface area (Å²) in [5.41, 5.74) is 1.73. The number of likely N-dealkylation sites (tertiary alicyclic amines) is 1. The van der Waals surface area contributed by atoms with Crippen molar-refractivity contribution in [3.63, 3.8) is 0 Å². The third-order valence-corrected chi connectivity index (χ3v) is 4.56. The summed E-state index contributed by atoms with van der Waals surface area (Å²) in [6, 6.07) is 3.64. The molecule has 0 spiro atoms. The number of amides is 1. The first-order valence-electron chi connectivity index (χ1n) is 7.67. The van der Waals surface area contributed by atoms with Gasteiger partial charge in [0.25, 0.3) is 5.91 Å². The van der Waals surface area contributed by atoms with Gasteiger partial charge in [-0.25, -0.2) is 0 Å². The fraction of sp³-hybridized carbons (Fsp3) is 0.375. The monoisotopic (exact) mass is 330 g/mol. The van der Waals surface area contributed by atoms with Crippen LogP contribution in [0, 0.1) is 17.0 Å². The van der Waals surface area contributed by atoms with E-state index in [1.165, 1.54) is 12.1 Å². The number of phenolic OH excluding ortho intramolecular Hbond substituents is 1. The molecule has 1 atom stereocenters. The predicted molar refractivity (Wildman–Crippen MR) is 85.7 cm³/mol. The lowest BCUT2D eigenvalue weighted by atomic mass is 10.0. The Labute approximate surface area is 138 Å². The van der Waals surface area contributed by atoms with E-state index in [1.807, 2.05) is 14.0 Å². The Morgan fingerprint density at radius 2 is 2.21 bits per heavy atom. The minimum Gasteiger partial charge on any atom is -0.502 e. The molecule has 1 aliphatic heterocycles. The maximum atomic E-state index is 12.8. The summed E-state index contributed by atoms with van der Waals surface area (Å²) in [6.45, 7) is 2.54. The standard InChI is InChI=1S/C16H18N4O4/c1-10-12(9-17-18(10)2)13-4-3-7-19(13)16(22)11-5-6-15(21)14(8-11)20(23)24/h5-6,8-9,13,21H,3-4,7H2,1-2H3/t13-/m0/s1. The fourth-order valence-corrected chi connectivity index (χ4v) is 3.14. The molecule has 0 aliphatic carbocycles. The van der Waals surface area contributed by atoms with E-state index in [1.54, 1.807) is 15.8 Å². The summed E-state index contributed by atoms with van der Waals surface area (Å²) in [7, 11) is 1.85. The molecule has 0 bridgehead atoms. The number of aryl methyl sites for hydroxylation is 1.